The highest BCUT2D eigenvalue weighted by molar-refractivity contribution is 5.80. The molecule has 140 valence electrons. The van der Waals surface area contributed by atoms with E-state index in [2.05, 4.69) is 70.7 Å². The van der Waals surface area contributed by atoms with Crippen LogP contribution in [0, 0.1) is 0 Å². The van der Waals surface area contributed by atoms with Crippen molar-refractivity contribution in [1.29, 1.82) is 0 Å². The molecule has 0 radical (unpaired) electrons. The molecular weight excluding hydrogens is 334 g/mol. The number of hydrogen-bond donors (Lipinski definition) is 1. The van der Waals surface area contributed by atoms with E-state index in [4.69, 9.17) is 0 Å². The maximum Gasteiger partial charge on any atom is 0.318 e. The molecule has 1 unspecified atom stereocenters. The maximum absolute atomic E-state index is 13.2. The van der Waals surface area contributed by atoms with E-state index in [0.717, 1.165) is 24.0 Å². The molecule has 4 nitrogen and oxygen atoms in total. The van der Waals surface area contributed by atoms with Gasteiger partial charge in [0.25, 0.3) is 0 Å². The summed E-state index contributed by atoms with van der Waals surface area (Å²) in [5.74, 6) is 0. The Morgan fingerprint density at radius 3 is 1.89 bits per heavy atom. The monoisotopic (exact) mass is 361 g/mol. The largest absolute Gasteiger partial charge is 0.323 e. The summed E-state index contributed by atoms with van der Waals surface area (Å²) in [7, 11) is 2.25. The molecule has 2 aromatic rings. The van der Waals surface area contributed by atoms with E-state index < -0.39 is 5.54 Å². The summed E-state index contributed by atoms with van der Waals surface area (Å²) in [4.78, 5) is 17.8. The first-order chi connectivity index (χ1) is 13.2. The molecule has 3 atom stereocenters. The van der Waals surface area contributed by atoms with Crippen molar-refractivity contribution in [1.82, 2.24) is 15.1 Å². The van der Waals surface area contributed by atoms with Gasteiger partial charge in [-0.15, -0.1) is 0 Å². The van der Waals surface area contributed by atoms with Crippen molar-refractivity contribution >= 4 is 6.03 Å². The number of urea groups is 1. The van der Waals surface area contributed by atoms with Gasteiger partial charge in [-0.05, 0) is 43.9 Å². The Morgan fingerprint density at radius 2 is 1.37 bits per heavy atom. The molecule has 0 spiro atoms. The van der Waals surface area contributed by atoms with E-state index in [1.807, 2.05) is 12.1 Å². The molecule has 1 N–H and O–H groups in total. The van der Waals surface area contributed by atoms with Crippen molar-refractivity contribution in [2.24, 2.45) is 0 Å². The van der Waals surface area contributed by atoms with Gasteiger partial charge >= 0.3 is 6.03 Å². The zero-order valence-corrected chi connectivity index (χ0v) is 15.8. The number of rotatable bonds is 3. The fourth-order valence-corrected chi connectivity index (χ4v) is 5.49. The van der Waals surface area contributed by atoms with E-state index in [0.29, 0.717) is 24.7 Å². The van der Waals surface area contributed by atoms with Crippen LogP contribution in [0.4, 0.5) is 4.79 Å². The van der Waals surface area contributed by atoms with Crippen molar-refractivity contribution in [3.63, 3.8) is 0 Å². The highest BCUT2D eigenvalue weighted by Crippen LogP contribution is 2.41. The van der Waals surface area contributed by atoms with E-state index in [1.165, 1.54) is 12.8 Å². The third-order valence-corrected chi connectivity index (χ3v) is 7.04. The summed E-state index contributed by atoms with van der Waals surface area (Å²) in [6.07, 6.45) is 4.74. The summed E-state index contributed by atoms with van der Waals surface area (Å²) in [6.45, 7) is 0.702. The Bertz CT molecular complexity index is 769. The summed E-state index contributed by atoms with van der Waals surface area (Å²) in [5.41, 5.74) is 1.84. The molecule has 3 aliphatic rings. The van der Waals surface area contributed by atoms with Crippen molar-refractivity contribution in [2.45, 2.75) is 49.3 Å². The number of benzene rings is 2. The van der Waals surface area contributed by atoms with Crippen LogP contribution in [0.25, 0.3) is 0 Å². The van der Waals surface area contributed by atoms with E-state index in [-0.39, 0.29) is 6.03 Å². The minimum absolute atomic E-state index is 0.0802. The molecule has 2 amide bonds. The summed E-state index contributed by atoms with van der Waals surface area (Å²) in [5, 5.41) is 3.38. The number of carbonyl (C=O) groups excluding carboxylic acids is 1. The third-order valence-electron chi connectivity index (χ3n) is 7.04. The molecule has 3 aliphatic heterocycles. The Kier molecular flexibility index (Phi) is 3.97. The van der Waals surface area contributed by atoms with Crippen molar-refractivity contribution in [3.05, 3.63) is 71.8 Å². The number of nitrogens with one attached hydrogen (secondary N) is 1. The van der Waals surface area contributed by atoms with Crippen LogP contribution in [0.3, 0.4) is 0 Å². The molecule has 5 rings (SSSR count). The van der Waals surface area contributed by atoms with Crippen LogP contribution in [0.2, 0.25) is 0 Å². The van der Waals surface area contributed by atoms with Crippen molar-refractivity contribution in [2.75, 3.05) is 13.6 Å². The molecule has 27 heavy (non-hydrogen) atoms. The standard InChI is InChI=1S/C23H27N3O/c1-25-19-12-13-20(25)15-21(14-19)26-16-23(24-22(26)27,17-8-4-2-5-9-17)18-10-6-3-7-11-18/h2-11,19-21H,12-16H2,1H3,(H,24,27)/t19-,20+,21?. The van der Waals surface area contributed by atoms with Crippen LogP contribution in [0.15, 0.2) is 60.7 Å². The molecule has 0 aliphatic carbocycles. The Labute approximate surface area is 161 Å². The minimum atomic E-state index is -0.470. The smallest absolute Gasteiger partial charge is 0.318 e. The zero-order valence-electron chi connectivity index (χ0n) is 15.8. The van der Waals surface area contributed by atoms with Gasteiger partial charge in [0.1, 0.15) is 5.54 Å². The number of nitrogens with zero attached hydrogens (tertiary/aromatic N) is 2. The first-order valence-corrected chi connectivity index (χ1v) is 10.1. The van der Waals surface area contributed by atoms with Gasteiger partial charge in [-0.25, -0.2) is 4.79 Å². The SMILES string of the molecule is CN1[C@@H]2CC[C@H]1CC(N1CC(c3ccccc3)(c3ccccc3)NC1=O)C2. The zero-order chi connectivity index (χ0) is 18.4. The van der Waals surface area contributed by atoms with Gasteiger partial charge in [-0.3, -0.25) is 0 Å². The van der Waals surface area contributed by atoms with Gasteiger partial charge < -0.3 is 15.1 Å². The summed E-state index contributed by atoms with van der Waals surface area (Å²) in [6, 6.07) is 22.5. The number of piperidine rings is 1. The molecule has 0 saturated carbocycles. The van der Waals surface area contributed by atoms with Crippen LogP contribution in [0.5, 0.6) is 0 Å². The van der Waals surface area contributed by atoms with Gasteiger partial charge in [0, 0.05) is 18.1 Å². The Balaban J connectivity index is 1.50. The first kappa shape index (κ1) is 16.8. The van der Waals surface area contributed by atoms with Crippen LogP contribution in [-0.2, 0) is 5.54 Å². The van der Waals surface area contributed by atoms with Gasteiger partial charge in [0.2, 0.25) is 0 Å². The molecule has 4 heteroatoms. The van der Waals surface area contributed by atoms with Crippen LogP contribution in [0.1, 0.15) is 36.8 Å². The van der Waals surface area contributed by atoms with Gasteiger partial charge in [0.05, 0.1) is 6.54 Å². The van der Waals surface area contributed by atoms with Crippen molar-refractivity contribution < 1.29 is 4.79 Å². The molecule has 2 aromatic carbocycles. The average Bonchev–Trinajstić information content (AvgIpc) is 3.15. The van der Waals surface area contributed by atoms with Gasteiger partial charge in [0.15, 0.2) is 0 Å². The minimum Gasteiger partial charge on any atom is -0.323 e. The van der Waals surface area contributed by atoms with Crippen LogP contribution in [-0.4, -0.2) is 47.5 Å². The van der Waals surface area contributed by atoms with E-state index in [1.54, 1.807) is 0 Å². The predicted molar refractivity (Wildman–Crippen MR) is 106 cm³/mol. The van der Waals surface area contributed by atoms with Gasteiger partial charge in [-0.2, -0.15) is 0 Å². The summed E-state index contributed by atoms with van der Waals surface area (Å²) < 4.78 is 0. The first-order valence-electron chi connectivity index (χ1n) is 10.1. The quantitative estimate of drug-likeness (QED) is 0.907. The lowest BCUT2D eigenvalue weighted by atomic mass is 9.83. The highest BCUT2D eigenvalue weighted by Gasteiger charge is 2.50. The van der Waals surface area contributed by atoms with E-state index >= 15 is 0 Å². The van der Waals surface area contributed by atoms with Crippen LogP contribution < -0.4 is 5.32 Å². The molecule has 2 bridgehead atoms. The lowest BCUT2D eigenvalue weighted by Crippen LogP contribution is -2.50. The van der Waals surface area contributed by atoms with Crippen LogP contribution >= 0.6 is 0 Å². The molecule has 3 heterocycles. The second-order valence-corrected chi connectivity index (χ2v) is 8.37. The van der Waals surface area contributed by atoms with Crippen molar-refractivity contribution in [3.8, 4) is 0 Å². The Morgan fingerprint density at radius 1 is 0.852 bits per heavy atom. The topological polar surface area (TPSA) is 35.6 Å². The predicted octanol–water partition coefficient (Wildman–Crippen LogP) is 3.58. The Hall–Kier alpha value is -2.33. The second-order valence-electron chi connectivity index (χ2n) is 8.37. The normalized spacial score (nSPS) is 29.7. The van der Waals surface area contributed by atoms with Gasteiger partial charge in [-0.1, -0.05) is 60.7 Å². The molecule has 3 saturated heterocycles. The third kappa shape index (κ3) is 2.66. The fourth-order valence-electron chi connectivity index (χ4n) is 5.49. The molecular formula is C23H27N3O. The van der Waals surface area contributed by atoms with E-state index in [9.17, 15) is 4.79 Å². The number of carbonyl (C=O) groups is 1. The molecule has 0 aromatic heterocycles. The average molecular weight is 361 g/mol. The molecule has 3 fully saturated rings. The maximum atomic E-state index is 13.2. The number of amides is 2. The second kappa shape index (κ2) is 6.38. The number of hydrogen-bond acceptors (Lipinski definition) is 2. The lowest BCUT2D eigenvalue weighted by Gasteiger charge is -2.40. The lowest BCUT2D eigenvalue weighted by molar-refractivity contribution is 0.0985. The fraction of sp³-hybridized carbons (Fsp3) is 0.435. The highest BCUT2D eigenvalue weighted by atomic mass is 16.2. The number of fused-ring (bicyclic) bond motifs is 2. The summed E-state index contributed by atoms with van der Waals surface area (Å²) >= 11 is 0.